The summed E-state index contributed by atoms with van der Waals surface area (Å²) in [6.07, 6.45) is 1.22. The van der Waals surface area contributed by atoms with Crippen LogP contribution in [0.5, 0.6) is 5.88 Å². The first-order valence-electron chi connectivity index (χ1n) is 5.63. The first-order chi connectivity index (χ1) is 9.61. The second-order valence-electron chi connectivity index (χ2n) is 3.82. The zero-order chi connectivity index (χ0) is 14.5. The van der Waals surface area contributed by atoms with Gasteiger partial charge in [0.1, 0.15) is 6.33 Å². The Balaban J connectivity index is 2.21. The molecule has 1 heterocycles. The Morgan fingerprint density at radius 3 is 2.65 bits per heavy atom. The summed E-state index contributed by atoms with van der Waals surface area (Å²) in [6.45, 7) is 0.411. The van der Waals surface area contributed by atoms with Crippen LogP contribution in [0.3, 0.4) is 0 Å². The molecule has 0 atom stereocenters. The standard InChI is InChI=1S/C12H11BrN4O3/c1-20-12-10(17(18)19)11(15-7-16-12)14-6-8-2-4-9(13)5-3-8/h2-5,7H,6H2,1H3,(H,14,15,16). The molecule has 0 bridgehead atoms. The maximum Gasteiger partial charge on any atom is 0.372 e. The van der Waals surface area contributed by atoms with Crippen molar-refractivity contribution in [2.24, 2.45) is 0 Å². The van der Waals surface area contributed by atoms with Gasteiger partial charge in [0.15, 0.2) is 0 Å². The molecule has 0 radical (unpaired) electrons. The van der Waals surface area contributed by atoms with Crippen LogP contribution in [-0.2, 0) is 6.54 Å². The van der Waals surface area contributed by atoms with Gasteiger partial charge in [-0.2, -0.15) is 4.98 Å². The highest BCUT2D eigenvalue weighted by Crippen LogP contribution is 2.30. The minimum absolute atomic E-state index is 0.0664. The number of rotatable bonds is 5. The second-order valence-corrected chi connectivity index (χ2v) is 4.73. The van der Waals surface area contributed by atoms with Gasteiger partial charge in [0, 0.05) is 11.0 Å². The molecular formula is C12H11BrN4O3. The SMILES string of the molecule is COc1ncnc(NCc2ccc(Br)cc2)c1[N+](=O)[O-]. The first kappa shape index (κ1) is 14.2. The highest BCUT2D eigenvalue weighted by atomic mass is 79.9. The van der Waals surface area contributed by atoms with Crippen molar-refractivity contribution >= 4 is 27.4 Å². The van der Waals surface area contributed by atoms with E-state index in [9.17, 15) is 10.1 Å². The number of hydrogen-bond donors (Lipinski definition) is 1. The zero-order valence-corrected chi connectivity index (χ0v) is 12.1. The molecule has 2 aromatic rings. The van der Waals surface area contributed by atoms with Crippen molar-refractivity contribution in [3.05, 3.63) is 50.7 Å². The minimum Gasteiger partial charge on any atom is -0.476 e. The third-order valence-corrected chi connectivity index (χ3v) is 3.07. The molecule has 7 nitrogen and oxygen atoms in total. The van der Waals surface area contributed by atoms with Gasteiger partial charge in [0.25, 0.3) is 5.88 Å². The van der Waals surface area contributed by atoms with Gasteiger partial charge in [-0.15, -0.1) is 0 Å². The maximum absolute atomic E-state index is 11.1. The summed E-state index contributed by atoms with van der Waals surface area (Å²) in [4.78, 5) is 18.1. The van der Waals surface area contributed by atoms with Crippen LogP contribution in [-0.4, -0.2) is 22.0 Å². The van der Waals surface area contributed by atoms with Crippen LogP contribution < -0.4 is 10.1 Å². The van der Waals surface area contributed by atoms with E-state index in [2.05, 4.69) is 31.2 Å². The lowest BCUT2D eigenvalue weighted by Crippen LogP contribution is -2.07. The molecule has 1 aromatic heterocycles. The Kier molecular flexibility index (Phi) is 4.46. The van der Waals surface area contributed by atoms with Gasteiger partial charge >= 0.3 is 5.69 Å². The molecule has 0 aliphatic carbocycles. The van der Waals surface area contributed by atoms with E-state index in [0.717, 1.165) is 10.0 Å². The van der Waals surface area contributed by atoms with Crippen molar-refractivity contribution in [3.63, 3.8) is 0 Å². The Morgan fingerprint density at radius 1 is 1.35 bits per heavy atom. The molecule has 8 heteroatoms. The largest absolute Gasteiger partial charge is 0.476 e. The number of aromatic nitrogens is 2. The van der Waals surface area contributed by atoms with E-state index in [-0.39, 0.29) is 17.4 Å². The molecule has 0 saturated heterocycles. The highest BCUT2D eigenvalue weighted by Gasteiger charge is 2.23. The van der Waals surface area contributed by atoms with Crippen LogP contribution in [0.1, 0.15) is 5.56 Å². The Hall–Kier alpha value is -2.22. The number of nitrogens with one attached hydrogen (secondary N) is 1. The number of halogens is 1. The van der Waals surface area contributed by atoms with Gasteiger partial charge in [-0.1, -0.05) is 28.1 Å². The van der Waals surface area contributed by atoms with Crippen molar-refractivity contribution in [3.8, 4) is 5.88 Å². The molecule has 0 unspecified atom stereocenters. The fourth-order valence-electron chi connectivity index (χ4n) is 1.59. The fourth-order valence-corrected chi connectivity index (χ4v) is 1.86. The van der Waals surface area contributed by atoms with Crippen molar-refractivity contribution in [2.45, 2.75) is 6.54 Å². The number of ether oxygens (including phenoxy) is 1. The molecule has 0 amide bonds. The molecule has 0 aliphatic rings. The topological polar surface area (TPSA) is 90.2 Å². The summed E-state index contributed by atoms with van der Waals surface area (Å²) in [7, 11) is 1.33. The van der Waals surface area contributed by atoms with E-state index in [0.29, 0.717) is 6.54 Å². The Labute approximate surface area is 123 Å². The number of nitro groups is 1. The van der Waals surface area contributed by atoms with Gasteiger partial charge < -0.3 is 10.1 Å². The normalized spacial score (nSPS) is 10.1. The number of anilines is 1. The van der Waals surface area contributed by atoms with Crippen molar-refractivity contribution < 1.29 is 9.66 Å². The van der Waals surface area contributed by atoms with E-state index in [4.69, 9.17) is 4.74 Å². The second kappa shape index (κ2) is 6.29. The molecule has 2 rings (SSSR count). The average molecular weight is 339 g/mol. The van der Waals surface area contributed by atoms with E-state index < -0.39 is 4.92 Å². The summed E-state index contributed by atoms with van der Waals surface area (Å²) >= 11 is 3.34. The van der Waals surface area contributed by atoms with Crippen LogP contribution in [0, 0.1) is 10.1 Å². The van der Waals surface area contributed by atoms with Gasteiger partial charge in [-0.3, -0.25) is 10.1 Å². The molecule has 20 heavy (non-hydrogen) atoms. The summed E-state index contributed by atoms with van der Waals surface area (Å²) in [6, 6.07) is 7.60. The van der Waals surface area contributed by atoms with Crippen LogP contribution in [0.25, 0.3) is 0 Å². The molecule has 1 aromatic carbocycles. The predicted octanol–water partition coefficient (Wildman–Crippen LogP) is 2.77. The van der Waals surface area contributed by atoms with Gasteiger partial charge in [-0.25, -0.2) is 4.98 Å². The van der Waals surface area contributed by atoms with Gasteiger partial charge in [0.05, 0.1) is 12.0 Å². The van der Waals surface area contributed by atoms with E-state index in [1.807, 2.05) is 24.3 Å². The number of benzene rings is 1. The lowest BCUT2D eigenvalue weighted by atomic mass is 10.2. The molecule has 0 aliphatic heterocycles. The van der Waals surface area contributed by atoms with Crippen molar-refractivity contribution in [2.75, 3.05) is 12.4 Å². The summed E-state index contributed by atoms with van der Waals surface area (Å²) in [5.41, 5.74) is 0.701. The monoisotopic (exact) mass is 338 g/mol. The van der Waals surface area contributed by atoms with E-state index >= 15 is 0 Å². The van der Waals surface area contributed by atoms with Gasteiger partial charge in [-0.05, 0) is 17.7 Å². The minimum atomic E-state index is -0.567. The summed E-state index contributed by atoms with van der Waals surface area (Å²) < 4.78 is 5.84. The van der Waals surface area contributed by atoms with Gasteiger partial charge in [0.2, 0.25) is 5.82 Å². The summed E-state index contributed by atoms with van der Waals surface area (Å²) in [5, 5.41) is 14.0. The summed E-state index contributed by atoms with van der Waals surface area (Å²) in [5.74, 6) is 0.0630. The molecule has 1 N–H and O–H groups in total. The fraction of sp³-hybridized carbons (Fsp3) is 0.167. The van der Waals surface area contributed by atoms with E-state index in [1.165, 1.54) is 13.4 Å². The van der Waals surface area contributed by atoms with Crippen LogP contribution in [0.2, 0.25) is 0 Å². The predicted molar refractivity (Wildman–Crippen MR) is 76.7 cm³/mol. The number of methoxy groups -OCH3 is 1. The molecule has 104 valence electrons. The van der Waals surface area contributed by atoms with Crippen LogP contribution in [0.15, 0.2) is 35.1 Å². The molecule has 0 fully saturated rings. The number of nitrogens with zero attached hydrogens (tertiary/aromatic N) is 3. The quantitative estimate of drug-likeness (QED) is 0.665. The lowest BCUT2D eigenvalue weighted by Gasteiger charge is -2.07. The smallest absolute Gasteiger partial charge is 0.372 e. The Bertz CT molecular complexity index is 619. The maximum atomic E-state index is 11.1. The highest BCUT2D eigenvalue weighted by molar-refractivity contribution is 9.10. The molecular weight excluding hydrogens is 328 g/mol. The Morgan fingerprint density at radius 2 is 2.05 bits per heavy atom. The first-order valence-corrected chi connectivity index (χ1v) is 6.43. The van der Waals surface area contributed by atoms with Crippen molar-refractivity contribution in [1.82, 2.24) is 9.97 Å². The third-order valence-electron chi connectivity index (χ3n) is 2.54. The zero-order valence-electron chi connectivity index (χ0n) is 10.5. The van der Waals surface area contributed by atoms with Crippen molar-refractivity contribution in [1.29, 1.82) is 0 Å². The van der Waals surface area contributed by atoms with E-state index in [1.54, 1.807) is 0 Å². The molecule has 0 spiro atoms. The third kappa shape index (κ3) is 3.21. The molecule has 0 saturated carbocycles. The lowest BCUT2D eigenvalue weighted by molar-refractivity contribution is -0.385. The average Bonchev–Trinajstić information content (AvgIpc) is 2.46. The van der Waals surface area contributed by atoms with Crippen LogP contribution in [0.4, 0.5) is 11.5 Å². The number of hydrogen-bond acceptors (Lipinski definition) is 6. The van der Waals surface area contributed by atoms with Crippen LogP contribution >= 0.6 is 15.9 Å².